The highest BCUT2D eigenvalue weighted by molar-refractivity contribution is 6.05. The summed E-state index contributed by atoms with van der Waals surface area (Å²) < 4.78 is 11.2. The van der Waals surface area contributed by atoms with Crippen molar-refractivity contribution in [3.8, 4) is 11.5 Å². The zero-order valence-corrected chi connectivity index (χ0v) is 15.1. The Balaban J connectivity index is 2.25. The van der Waals surface area contributed by atoms with Crippen LogP contribution in [-0.4, -0.2) is 24.0 Å². The molecule has 0 aliphatic heterocycles. The van der Waals surface area contributed by atoms with Gasteiger partial charge in [0.2, 0.25) is 0 Å². The third kappa shape index (κ3) is 4.72. The Bertz CT molecular complexity index is 805. The van der Waals surface area contributed by atoms with Gasteiger partial charge in [0.05, 0.1) is 23.8 Å². The van der Waals surface area contributed by atoms with Crippen molar-refractivity contribution < 1.29 is 19.2 Å². The quantitative estimate of drug-likeness (QED) is 0.560. The van der Waals surface area contributed by atoms with Crippen LogP contribution in [-0.2, 0) is 0 Å². The third-order valence-electron chi connectivity index (χ3n) is 3.65. The second-order valence-corrected chi connectivity index (χ2v) is 5.65. The zero-order valence-electron chi connectivity index (χ0n) is 15.1. The van der Waals surface area contributed by atoms with Crippen molar-refractivity contribution in [3.05, 3.63) is 57.6 Å². The van der Waals surface area contributed by atoms with Gasteiger partial charge in [-0.25, -0.2) is 0 Å². The van der Waals surface area contributed by atoms with Crippen molar-refractivity contribution in [3.63, 3.8) is 0 Å². The van der Waals surface area contributed by atoms with Gasteiger partial charge in [-0.2, -0.15) is 0 Å². The molecule has 2 aromatic carbocycles. The van der Waals surface area contributed by atoms with E-state index in [0.29, 0.717) is 36.0 Å². The molecule has 0 fully saturated rings. The molecule has 0 spiro atoms. The smallest absolute Gasteiger partial charge is 0.271 e. The maximum Gasteiger partial charge on any atom is 0.271 e. The van der Waals surface area contributed by atoms with Crippen LogP contribution in [0, 0.1) is 17.0 Å². The first kappa shape index (κ1) is 19.2. The number of carbonyl (C=O) groups is 1. The van der Waals surface area contributed by atoms with Crippen LogP contribution in [0.3, 0.4) is 0 Å². The van der Waals surface area contributed by atoms with E-state index in [0.717, 1.165) is 12.0 Å². The average molecular weight is 358 g/mol. The molecule has 0 saturated heterocycles. The number of non-ortho nitro benzene ring substituents is 1. The summed E-state index contributed by atoms with van der Waals surface area (Å²) in [4.78, 5) is 23.0. The van der Waals surface area contributed by atoms with E-state index < -0.39 is 4.92 Å². The number of benzene rings is 2. The number of amides is 1. The van der Waals surface area contributed by atoms with Gasteiger partial charge in [0, 0.05) is 17.7 Å². The van der Waals surface area contributed by atoms with Gasteiger partial charge >= 0.3 is 0 Å². The maximum atomic E-state index is 12.6. The largest absolute Gasteiger partial charge is 0.490 e. The summed E-state index contributed by atoms with van der Waals surface area (Å²) in [5.41, 5.74) is 1.43. The van der Waals surface area contributed by atoms with E-state index in [1.54, 1.807) is 31.2 Å². The number of aryl methyl sites for hydroxylation is 1. The highest BCUT2D eigenvalue weighted by Gasteiger charge is 2.15. The fourth-order valence-corrected chi connectivity index (χ4v) is 2.30. The molecule has 7 nitrogen and oxygen atoms in total. The zero-order chi connectivity index (χ0) is 19.1. The number of nitrogens with one attached hydrogen (secondary N) is 1. The van der Waals surface area contributed by atoms with Crippen molar-refractivity contribution in [1.82, 2.24) is 0 Å². The van der Waals surface area contributed by atoms with Crippen molar-refractivity contribution in [2.45, 2.75) is 27.2 Å². The standard InChI is InChI=1S/C19H22N2O5/c1-4-10-26-17-9-7-14(11-18(17)25-5-2)19(22)20-16-12-15(21(23)24)8-6-13(16)3/h6-9,11-12H,4-5,10H2,1-3H3,(H,20,22). The summed E-state index contributed by atoms with van der Waals surface area (Å²) in [6.07, 6.45) is 0.861. The normalized spacial score (nSPS) is 10.3. The molecule has 0 aliphatic carbocycles. The lowest BCUT2D eigenvalue weighted by molar-refractivity contribution is -0.384. The molecule has 0 radical (unpaired) electrons. The van der Waals surface area contributed by atoms with Crippen LogP contribution >= 0.6 is 0 Å². The van der Waals surface area contributed by atoms with Crippen LogP contribution < -0.4 is 14.8 Å². The van der Waals surface area contributed by atoms with Gasteiger partial charge in [-0.05, 0) is 44.0 Å². The summed E-state index contributed by atoms with van der Waals surface area (Å²) in [5.74, 6) is 0.692. The molecule has 26 heavy (non-hydrogen) atoms. The number of ether oxygens (including phenoxy) is 2. The summed E-state index contributed by atoms with van der Waals surface area (Å²) in [7, 11) is 0. The van der Waals surface area contributed by atoms with E-state index in [1.165, 1.54) is 12.1 Å². The minimum Gasteiger partial charge on any atom is -0.490 e. The topological polar surface area (TPSA) is 90.7 Å². The van der Waals surface area contributed by atoms with Crippen LogP contribution in [0.25, 0.3) is 0 Å². The third-order valence-corrected chi connectivity index (χ3v) is 3.65. The molecule has 0 bridgehead atoms. The predicted molar refractivity (Wildman–Crippen MR) is 99.2 cm³/mol. The number of hydrogen-bond acceptors (Lipinski definition) is 5. The molecule has 7 heteroatoms. The number of nitrogens with zero attached hydrogens (tertiary/aromatic N) is 1. The van der Waals surface area contributed by atoms with Gasteiger partial charge in [-0.15, -0.1) is 0 Å². The monoisotopic (exact) mass is 358 g/mol. The van der Waals surface area contributed by atoms with E-state index in [9.17, 15) is 14.9 Å². The number of anilines is 1. The Morgan fingerprint density at radius 3 is 2.54 bits per heavy atom. The second-order valence-electron chi connectivity index (χ2n) is 5.65. The van der Waals surface area contributed by atoms with E-state index in [2.05, 4.69) is 5.32 Å². The van der Waals surface area contributed by atoms with Gasteiger partial charge in [0.15, 0.2) is 11.5 Å². The van der Waals surface area contributed by atoms with Gasteiger partial charge in [0.25, 0.3) is 11.6 Å². The first-order valence-corrected chi connectivity index (χ1v) is 8.42. The minimum atomic E-state index is -0.498. The molecule has 2 rings (SSSR count). The first-order valence-electron chi connectivity index (χ1n) is 8.42. The van der Waals surface area contributed by atoms with Crippen LogP contribution in [0.15, 0.2) is 36.4 Å². The predicted octanol–water partition coefficient (Wildman–Crippen LogP) is 4.34. The van der Waals surface area contributed by atoms with E-state index >= 15 is 0 Å². The van der Waals surface area contributed by atoms with E-state index in [1.807, 2.05) is 13.8 Å². The molecular formula is C19H22N2O5. The number of carbonyl (C=O) groups excluding carboxylic acids is 1. The lowest BCUT2D eigenvalue weighted by atomic mass is 10.1. The highest BCUT2D eigenvalue weighted by Crippen LogP contribution is 2.29. The first-order chi connectivity index (χ1) is 12.5. The van der Waals surface area contributed by atoms with Crippen molar-refractivity contribution >= 4 is 17.3 Å². The van der Waals surface area contributed by atoms with Crippen LogP contribution in [0.5, 0.6) is 11.5 Å². The van der Waals surface area contributed by atoms with Crippen molar-refractivity contribution in [1.29, 1.82) is 0 Å². The number of nitro benzene ring substituents is 1. The molecular weight excluding hydrogens is 336 g/mol. The molecule has 0 saturated carbocycles. The Hall–Kier alpha value is -3.09. The lowest BCUT2D eigenvalue weighted by Crippen LogP contribution is -2.13. The second kappa shape index (κ2) is 8.84. The molecule has 0 aliphatic rings. The van der Waals surface area contributed by atoms with Gasteiger partial charge < -0.3 is 14.8 Å². The Labute approximate surface area is 152 Å². The molecule has 0 aromatic heterocycles. The average Bonchev–Trinajstić information content (AvgIpc) is 2.62. The molecule has 0 unspecified atom stereocenters. The molecule has 2 aromatic rings. The summed E-state index contributed by atoms with van der Waals surface area (Å²) in [6, 6.07) is 9.27. The Morgan fingerprint density at radius 1 is 1.12 bits per heavy atom. The van der Waals surface area contributed by atoms with Crippen molar-refractivity contribution in [2.75, 3.05) is 18.5 Å². The summed E-state index contributed by atoms with van der Waals surface area (Å²) in [5, 5.41) is 13.6. The Kier molecular flexibility index (Phi) is 6.54. The molecule has 0 heterocycles. The fraction of sp³-hybridized carbons (Fsp3) is 0.316. The summed E-state index contributed by atoms with van der Waals surface area (Å²) >= 11 is 0. The number of nitro groups is 1. The fourth-order valence-electron chi connectivity index (χ4n) is 2.30. The van der Waals surface area contributed by atoms with E-state index in [-0.39, 0.29) is 11.6 Å². The van der Waals surface area contributed by atoms with E-state index in [4.69, 9.17) is 9.47 Å². The SMILES string of the molecule is CCCOc1ccc(C(=O)Nc2cc([N+](=O)[O-])ccc2C)cc1OCC. The lowest BCUT2D eigenvalue weighted by Gasteiger charge is -2.13. The maximum absolute atomic E-state index is 12.6. The minimum absolute atomic E-state index is 0.0794. The summed E-state index contributed by atoms with van der Waals surface area (Å²) in [6.45, 7) is 6.62. The molecule has 1 amide bonds. The highest BCUT2D eigenvalue weighted by atomic mass is 16.6. The van der Waals surface area contributed by atoms with Crippen LogP contribution in [0.4, 0.5) is 11.4 Å². The van der Waals surface area contributed by atoms with Gasteiger partial charge in [-0.1, -0.05) is 13.0 Å². The van der Waals surface area contributed by atoms with Crippen LogP contribution in [0.1, 0.15) is 36.2 Å². The Morgan fingerprint density at radius 2 is 1.88 bits per heavy atom. The van der Waals surface area contributed by atoms with Crippen LogP contribution in [0.2, 0.25) is 0 Å². The number of hydrogen-bond donors (Lipinski definition) is 1. The number of rotatable bonds is 8. The molecule has 0 atom stereocenters. The molecule has 138 valence electrons. The van der Waals surface area contributed by atoms with Gasteiger partial charge in [-0.3, -0.25) is 14.9 Å². The van der Waals surface area contributed by atoms with Crippen molar-refractivity contribution in [2.24, 2.45) is 0 Å². The van der Waals surface area contributed by atoms with Gasteiger partial charge in [0.1, 0.15) is 0 Å². The molecule has 1 N–H and O–H groups in total.